The van der Waals surface area contributed by atoms with Crippen molar-refractivity contribution in [1.82, 2.24) is 9.21 Å². The Hall–Kier alpha value is -2.09. The maximum absolute atomic E-state index is 13.0. The molecule has 6 nitrogen and oxygen atoms in total. The van der Waals surface area contributed by atoms with Crippen LogP contribution in [0.4, 0.5) is 0 Å². The number of piperazine rings is 1. The zero-order valence-corrected chi connectivity index (χ0v) is 19.1. The molecule has 0 atom stereocenters. The molecule has 2 aromatic carbocycles. The minimum Gasteiger partial charge on any atom is -0.497 e. The van der Waals surface area contributed by atoms with Gasteiger partial charge in [-0.15, -0.1) is 0 Å². The Balaban J connectivity index is 1.57. The van der Waals surface area contributed by atoms with E-state index in [0.29, 0.717) is 23.9 Å². The van der Waals surface area contributed by atoms with Crippen molar-refractivity contribution in [3.63, 3.8) is 0 Å². The van der Waals surface area contributed by atoms with Crippen LogP contribution in [-0.4, -0.2) is 64.6 Å². The molecule has 164 valence electrons. The minimum absolute atomic E-state index is 0.379. The van der Waals surface area contributed by atoms with Crippen LogP contribution in [0.3, 0.4) is 0 Å². The third-order valence-corrected chi connectivity index (χ3v) is 7.56. The first kappa shape index (κ1) is 22.6. The first-order valence-corrected chi connectivity index (χ1v) is 11.8. The highest BCUT2D eigenvalue weighted by Crippen LogP contribution is 2.24. The zero-order valence-electron chi connectivity index (χ0n) is 18.3. The van der Waals surface area contributed by atoms with Crippen LogP contribution in [0.25, 0.3) is 0 Å². The SMILES string of the molecule is COc1cc(CCN2CCN(S(=O)(=O)c3ccc(C(C)C)cc3)CC2)cc(OC)c1. The van der Waals surface area contributed by atoms with Crippen LogP contribution < -0.4 is 9.47 Å². The van der Waals surface area contributed by atoms with Gasteiger partial charge in [-0.3, -0.25) is 0 Å². The molecule has 0 radical (unpaired) electrons. The zero-order chi connectivity index (χ0) is 21.7. The molecule has 0 aliphatic carbocycles. The molecule has 30 heavy (non-hydrogen) atoms. The quantitative estimate of drug-likeness (QED) is 0.640. The van der Waals surface area contributed by atoms with Crippen LogP contribution in [-0.2, 0) is 16.4 Å². The van der Waals surface area contributed by atoms with E-state index < -0.39 is 10.0 Å². The molecule has 2 aromatic rings. The second-order valence-electron chi connectivity index (χ2n) is 7.94. The smallest absolute Gasteiger partial charge is 0.243 e. The molecule has 0 unspecified atom stereocenters. The lowest BCUT2D eigenvalue weighted by molar-refractivity contribution is 0.190. The van der Waals surface area contributed by atoms with Crippen molar-refractivity contribution in [3.05, 3.63) is 53.6 Å². The third kappa shape index (κ3) is 5.33. The summed E-state index contributed by atoms with van der Waals surface area (Å²) in [5.41, 5.74) is 2.29. The van der Waals surface area contributed by atoms with E-state index >= 15 is 0 Å². The number of hydrogen-bond acceptors (Lipinski definition) is 5. The average Bonchev–Trinajstić information content (AvgIpc) is 2.77. The van der Waals surface area contributed by atoms with Gasteiger partial charge in [0.25, 0.3) is 0 Å². The highest BCUT2D eigenvalue weighted by Gasteiger charge is 2.28. The van der Waals surface area contributed by atoms with Gasteiger partial charge in [0.2, 0.25) is 10.0 Å². The van der Waals surface area contributed by atoms with E-state index in [4.69, 9.17) is 9.47 Å². The van der Waals surface area contributed by atoms with Crippen molar-refractivity contribution >= 4 is 10.0 Å². The van der Waals surface area contributed by atoms with Gasteiger partial charge < -0.3 is 14.4 Å². The highest BCUT2D eigenvalue weighted by molar-refractivity contribution is 7.89. The number of methoxy groups -OCH3 is 2. The Bertz CT molecular complexity index is 912. The van der Waals surface area contributed by atoms with Crippen LogP contribution in [0.15, 0.2) is 47.4 Å². The molecule has 0 amide bonds. The lowest BCUT2D eigenvalue weighted by atomic mass is 10.0. The molecule has 7 heteroatoms. The van der Waals surface area contributed by atoms with Gasteiger partial charge >= 0.3 is 0 Å². The van der Waals surface area contributed by atoms with Crippen molar-refractivity contribution in [1.29, 1.82) is 0 Å². The second kappa shape index (κ2) is 9.81. The van der Waals surface area contributed by atoms with Gasteiger partial charge in [-0.25, -0.2) is 8.42 Å². The summed E-state index contributed by atoms with van der Waals surface area (Å²) in [5.74, 6) is 1.95. The summed E-state index contributed by atoms with van der Waals surface area (Å²) >= 11 is 0. The first-order chi connectivity index (χ1) is 14.3. The molecule has 0 saturated carbocycles. The monoisotopic (exact) mass is 432 g/mol. The fraction of sp³-hybridized carbons (Fsp3) is 0.478. The van der Waals surface area contributed by atoms with E-state index in [1.165, 1.54) is 0 Å². The normalized spacial score (nSPS) is 16.0. The van der Waals surface area contributed by atoms with Crippen molar-refractivity contribution < 1.29 is 17.9 Å². The molecule has 0 spiro atoms. The molecular weight excluding hydrogens is 400 g/mol. The number of benzene rings is 2. The van der Waals surface area contributed by atoms with Crippen LogP contribution >= 0.6 is 0 Å². The number of sulfonamides is 1. The highest BCUT2D eigenvalue weighted by atomic mass is 32.2. The van der Waals surface area contributed by atoms with E-state index in [1.54, 1.807) is 30.7 Å². The van der Waals surface area contributed by atoms with Gasteiger partial charge in [-0.05, 0) is 47.7 Å². The maximum atomic E-state index is 13.0. The van der Waals surface area contributed by atoms with Crippen LogP contribution in [0.1, 0.15) is 30.9 Å². The summed E-state index contributed by atoms with van der Waals surface area (Å²) in [6.45, 7) is 7.54. The summed E-state index contributed by atoms with van der Waals surface area (Å²) in [4.78, 5) is 2.68. The standard InChI is InChI=1S/C23H32N2O4S/c1-18(2)20-5-7-23(8-6-20)30(26,27)25-13-11-24(12-14-25)10-9-19-15-21(28-3)17-22(16-19)29-4/h5-8,15-18H,9-14H2,1-4H3. The molecule has 3 rings (SSSR count). The van der Waals surface area contributed by atoms with Crippen LogP contribution in [0.5, 0.6) is 11.5 Å². The molecule has 1 heterocycles. The number of hydrogen-bond donors (Lipinski definition) is 0. The molecule has 0 aromatic heterocycles. The molecule has 1 aliphatic rings. The first-order valence-electron chi connectivity index (χ1n) is 10.4. The predicted molar refractivity (Wildman–Crippen MR) is 119 cm³/mol. The van der Waals surface area contributed by atoms with Gasteiger partial charge in [-0.1, -0.05) is 26.0 Å². The van der Waals surface area contributed by atoms with Crippen molar-refractivity contribution in [2.45, 2.75) is 31.1 Å². The predicted octanol–water partition coefficient (Wildman–Crippen LogP) is 3.38. The van der Waals surface area contributed by atoms with Gasteiger partial charge in [0.1, 0.15) is 11.5 Å². The van der Waals surface area contributed by atoms with Crippen molar-refractivity contribution in [3.8, 4) is 11.5 Å². The van der Waals surface area contributed by atoms with Crippen LogP contribution in [0.2, 0.25) is 0 Å². The summed E-state index contributed by atoms with van der Waals surface area (Å²) in [5, 5.41) is 0. The van der Waals surface area contributed by atoms with Gasteiger partial charge in [-0.2, -0.15) is 4.31 Å². The number of nitrogens with zero attached hydrogens (tertiary/aromatic N) is 2. The Morgan fingerprint density at radius 3 is 1.97 bits per heavy atom. The summed E-state index contributed by atoms with van der Waals surface area (Å²) in [7, 11) is -0.145. The topological polar surface area (TPSA) is 59.1 Å². The van der Waals surface area contributed by atoms with Gasteiger partial charge in [0.05, 0.1) is 19.1 Å². The fourth-order valence-corrected chi connectivity index (χ4v) is 5.09. The maximum Gasteiger partial charge on any atom is 0.243 e. The average molecular weight is 433 g/mol. The Morgan fingerprint density at radius 1 is 0.900 bits per heavy atom. The molecule has 1 fully saturated rings. The molecule has 1 aliphatic heterocycles. The van der Waals surface area contributed by atoms with E-state index in [9.17, 15) is 8.42 Å². The molecule has 0 bridgehead atoms. The van der Waals surface area contributed by atoms with Gasteiger partial charge in [0.15, 0.2) is 0 Å². The van der Waals surface area contributed by atoms with Crippen molar-refractivity contribution in [2.75, 3.05) is 46.9 Å². The molecule has 1 saturated heterocycles. The second-order valence-corrected chi connectivity index (χ2v) is 9.88. The van der Waals surface area contributed by atoms with Gasteiger partial charge in [0, 0.05) is 38.8 Å². The van der Waals surface area contributed by atoms with E-state index in [1.807, 2.05) is 30.3 Å². The number of rotatable bonds is 8. The number of ether oxygens (including phenoxy) is 2. The lowest BCUT2D eigenvalue weighted by Gasteiger charge is -2.34. The largest absolute Gasteiger partial charge is 0.497 e. The summed E-state index contributed by atoms with van der Waals surface area (Å²) < 4.78 is 38.2. The van der Waals surface area contributed by atoms with E-state index in [2.05, 4.69) is 18.7 Å². The van der Waals surface area contributed by atoms with E-state index in [0.717, 1.165) is 48.7 Å². The van der Waals surface area contributed by atoms with E-state index in [-0.39, 0.29) is 0 Å². The summed E-state index contributed by atoms with van der Waals surface area (Å²) in [6.07, 6.45) is 0.858. The fourth-order valence-electron chi connectivity index (χ4n) is 3.67. The Kier molecular flexibility index (Phi) is 7.39. The molecular formula is C23H32N2O4S. The Labute approximate surface area is 180 Å². The van der Waals surface area contributed by atoms with Crippen LogP contribution in [0, 0.1) is 0 Å². The lowest BCUT2D eigenvalue weighted by Crippen LogP contribution is -2.49. The Morgan fingerprint density at radius 2 is 1.47 bits per heavy atom. The van der Waals surface area contributed by atoms with Crippen molar-refractivity contribution in [2.24, 2.45) is 0 Å². The summed E-state index contributed by atoms with van der Waals surface area (Å²) in [6, 6.07) is 13.2. The minimum atomic E-state index is -3.44. The molecule has 0 N–H and O–H groups in total. The third-order valence-electron chi connectivity index (χ3n) is 5.64.